The van der Waals surface area contributed by atoms with Crippen LogP contribution >= 0.6 is 0 Å². The van der Waals surface area contributed by atoms with Gasteiger partial charge in [-0.1, -0.05) is 5.11 Å². The predicted molar refractivity (Wildman–Crippen MR) is 53.4 cm³/mol. The molecule has 0 saturated heterocycles. The number of carboxylic acid groups (broad SMARTS) is 2. The first-order chi connectivity index (χ1) is 8.37. The zero-order chi connectivity index (χ0) is 13.7. The Morgan fingerprint density at radius 3 is 2.50 bits per heavy atom. The van der Waals surface area contributed by atoms with Gasteiger partial charge in [0.15, 0.2) is 5.54 Å². The molecule has 0 unspecified atom stereocenters. The molecule has 98 valence electrons. The molecule has 0 aromatic rings. The first-order valence-electron chi connectivity index (χ1n) is 5.12. The van der Waals surface area contributed by atoms with Gasteiger partial charge in [0, 0.05) is 23.9 Å². The van der Waals surface area contributed by atoms with Gasteiger partial charge in [0.25, 0.3) is 0 Å². The minimum absolute atomic E-state index is 0.102. The number of halogens is 1. The zero-order valence-corrected chi connectivity index (χ0v) is 9.28. The lowest BCUT2D eigenvalue weighted by Crippen LogP contribution is -2.51. The van der Waals surface area contributed by atoms with E-state index in [9.17, 15) is 19.1 Å². The molecule has 2 aliphatic carbocycles. The minimum Gasteiger partial charge on any atom is -0.481 e. The standard InChI is InChI=1S/C9H10FN3O5/c1-18-4-2-3-5(8(3,10)6(14)15)9(4,7(16)17)12-13-11/h3-5H,2H2,1H3,(H,14,15)(H,16,17)/t3-,4-,5+,8-,9+/m1/s1. The third-order valence-electron chi connectivity index (χ3n) is 3.88. The Hall–Kier alpha value is -1.86. The summed E-state index contributed by atoms with van der Waals surface area (Å²) in [4.78, 5) is 24.6. The number of methoxy groups -OCH3 is 1. The molecular formula is C9H10FN3O5. The number of carboxylic acids is 2. The van der Waals surface area contributed by atoms with Gasteiger partial charge in [-0.05, 0) is 12.0 Å². The summed E-state index contributed by atoms with van der Waals surface area (Å²) in [5.74, 6) is -5.69. The predicted octanol–water partition coefficient (Wildman–Crippen LogP) is 0.578. The lowest BCUT2D eigenvalue weighted by molar-refractivity contribution is -0.154. The smallest absolute Gasteiger partial charge is 0.342 e. The van der Waals surface area contributed by atoms with Crippen molar-refractivity contribution in [2.45, 2.75) is 23.7 Å². The fraction of sp³-hybridized carbons (Fsp3) is 0.778. The number of rotatable bonds is 4. The summed E-state index contributed by atoms with van der Waals surface area (Å²) in [6.07, 6.45) is -1.13. The summed E-state index contributed by atoms with van der Waals surface area (Å²) in [5, 5.41) is 21.2. The fourth-order valence-corrected chi connectivity index (χ4v) is 3.05. The number of hydrogen-bond acceptors (Lipinski definition) is 4. The van der Waals surface area contributed by atoms with E-state index in [4.69, 9.17) is 15.4 Å². The van der Waals surface area contributed by atoms with Gasteiger partial charge in [0.1, 0.15) is 0 Å². The van der Waals surface area contributed by atoms with Crippen LogP contribution in [0.15, 0.2) is 5.11 Å². The summed E-state index contributed by atoms with van der Waals surface area (Å²) in [6.45, 7) is 0. The van der Waals surface area contributed by atoms with Crippen molar-refractivity contribution in [3.8, 4) is 0 Å². The van der Waals surface area contributed by atoms with Crippen LogP contribution < -0.4 is 0 Å². The lowest BCUT2D eigenvalue weighted by atomic mass is 9.87. The minimum atomic E-state index is -2.65. The molecular weight excluding hydrogens is 249 g/mol. The molecule has 0 bridgehead atoms. The van der Waals surface area contributed by atoms with Gasteiger partial charge in [-0.15, -0.1) is 0 Å². The van der Waals surface area contributed by atoms with Crippen molar-refractivity contribution in [1.82, 2.24) is 0 Å². The molecule has 8 nitrogen and oxygen atoms in total. The molecule has 2 fully saturated rings. The number of aliphatic carboxylic acids is 2. The summed E-state index contributed by atoms with van der Waals surface area (Å²) in [5.41, 5.74) is 3.62. The first kappa shape index (κ1) is 12.6. The van der Waals surface area contributed by atoms with E-state index in [2.05, 4.69) is 10.0 Å². The van der Waals surface area contributed by atoms with Crippen molar-refractivity contribution in [3.63, 3.8) is 0 Å². The van der Waals surface area contributed by atoms with Gasteiger partial charge in [-0.2, -0.15) is 0 Å². The molecule has 2 N–H and O–H groups in total. The van der Waals surface area contributed by atoms with Crippen molar-refractivity contribution in [2.75, 3.05) is 7.11 Å². The first-order valence-corrected chi connectivity index (χ1v) is 5.12. The van der Waals surface area contributed by atoms with Crippen molar-refractivity contribution in [1.29, 1.82) is 0 Å². The van der Waals surface area contributed by atoms with Crippen LogP contribution in [0.1, 0.15) is 6.42 Å². The number of ether oxygens (including phenoxy) is 1. The van der Waals surface area contributed by atoms with Gasteiger partial charge >= 0.3 is 11.9 Å². The third-order valence-corrected chi connectivity index (χ3v) is 3.88. The Morgan fingerprint density at radius 1 is 1.50 bits per heavy atom. The SMILES string of the molecule is CO[C@@H]1C[C@@H]2[C@@H]([C@@]2(F)C(=O)O)[C@]1(N=[N+]=[N-])C(=O)O. The molecule has 0 heterocycles. The Bertz CT molecular complexity index is 475. The van der Waals surface area contributed by atoms with E-state index in [-0.39, 0.29) is 6.42 Å². The van der Waals surface area contributed by atoms with Crippen LogP contribution in [0.4, 0.5) is 4.39 Å². The van der Waals surface area contributed by atoms with Crippen LogP contribution in [-0.2, 0) is 14.3 Å². The van der Waals surface area contributed by atoms with Gasteiger partial charge in [-0.25, -0.2) is 9.18 Å². The number of nitrogens with zero attached hydrogens (tertiary/aromatic N) is 3. The van der Waals surface area contributed by atoms with Crippen LogP contribution in [0, 0.1) is 11.8 Å². The normalized spacial score (nSPS) is 44.9. The molecule has 0 radical (unpaired) electrons. The van der Waals surface area contributed by atoms with E-state index >= 15 is 0 Å². The Morgan fingerprint density at radius 2 is 2.11 bits per heavy atom. The molecule has 2 aliphatic rings. The van der Waals surface area contributed by atoms with E-state index in [1.165, 1.54) is 7.11 Å². The molecule has 2 rings (SSSR count). The van der Waals surface area contributed by atoms with Crippen molar-refractivity contribution < 1.29 is 28.9 Å². The van der Waals surface area contributed by atoms with Gasteiger partial charge in [0.2, 0.25) is 5.67 Å². The summed E-state index contributed by atoms with van der Waals surface area (Å²) in [6, 6.07) is 0. The topological polar surface area (TPSA) is 133 Å². The highest BCUT2D eigenvalue weighted by molar-refractivity contribution is 5.90. The van der Waals surface area contributed by atoms with Crippen LogP contribution in [0.3, 0.4) is 0 Å². The Balaban J connectivity index is 2.51. The number of carbonyl (C=O) groups is 2. The molecule has 0 amide bonds. The average molecular weight is 259 g/mol. The highest BCUT2D eigenvalue weighted by Gasteiger charge is 2.85. The molecule has 2 saturated carbocycles. The Kier molecular flexibility index (Phi) is 2.49. The van der Waals surface area contributed by atoms with Crippen LogP contribution in [0.2, 0.25) is 0 Å². The highest BCUT2D eigenvalue weighted by Crippen LogP contribution is 2.69. The van der Waals surface area contributed by atoms with E-state index in [1.54, 1.807) is 0 Å². The maximum absolute atomic E-state index is 14.1. The maximum Gasteiger partial charge on any atom is 0.342 e. The molecule has 0 spiro atoms. The quantitative estimate of drug-likeness (QED) is 0.432. The second-order valence-electron chi connectivity index (χ2n) is 4.44. The molecule has 5 atom stereocenters. The largest absolute Gasteiger partial charge is 0.481 e. The number of alkyl halides is 1. The van der Waals surface area contributed by atoms with Gasteiger partial charge in [0.05, 0.1) is 6.10 Å². The second-order valence-corrected chi connectivity index (χ2v) is 4.44. The zero-order valence-electron chi connectivity index (χ0n) is 9.28. The third kappa shape index (κ3) is 1.15. The molecule has 9 heteroatoms. The average Bonchev–Trinajstić information content (AvgIpc) is 2.75. The number of azide groups is 1. The van der Waals surface area contributed by atoms with Crippen LogP contribution in [0.25, 0.3) is 10.4 Å². The summed E-state index contributed by atoms with van der Waals surface area (Å²) >= 11 is 0. The molecule has 0 aromatic carbocycles. The molecule has 0 aliphatic heterocycles. The van der Waals surface area contributed by atoms with Gasteiger partial charge < -0.3 is 14.9 Å². The van der Waals surface area contributed by atoms with Crippen molar-refractivity contribution >= 4 is 11.9 Å². The molecule has 0 aromatic heterocycles. The summed E-state index contributed by atoms with van der Waals surface area (Å²) in [7, 11) is 1.21. The highest BCUT2D eigenvalue weighted by atomic mass is 19.1. The van der Waals surface area contributed by atoms with E-state index in [1.807, 2.05) is 0 Å². The van der Waals surface area contributed by atoms with Crippen LogP contribution in [0.5, 0.6) is 0 Å². The van der Waals surface area contributed by atoms with E-state index in [0.29, 0.717) is 0 Å². The number of fused-ring (bicyclic) bond motifs is 1. The second kappa shape index (κ2) is 3.56. The number of hydrogen-bond donors (Lipinski definition) is 2. The maximum atomic E-state index is 14.1. The molecule has 18 heavy (non-hydrogen) atoms. The lowest BCUT2D eigenvalue weighted by Gasteiger charge is -2.29. The fourth-order valence-electron chi connectivity index (χ4n) is 3.05. The summed E-state index contributed by atoms with van der Waals surface area (Å²) < 4.78 is 19.0. The van der Waals surface area contributed by atoms with Crippen LogP contribution in [-0.4, -0.2) is 46.6 Å². The van der Waals surface area contributed by atoms with Crippen molar-refractivity contribution in [3.05, 3.63) is 10.4 Å². The van der Waals surface area contributed by atoms with E-state index in [0.717, 1.165) is 0 Å². The Labute approximate surface area is 100.0 Å². The van der Waals surface area contributed by atoms with Gasteiger partial charge in [-0.3, -0.25) is 4.79 Å². The monoisotopic (exact) mass is 259 g/mol. The van der Waals surface area contributed by atoms with Crippen molar-refractivity contribution in [2.24, 2.45) is 17.0 Å². The van der Waals surface area contributed by atoms with E-state index < -0.39 is 41.1 Å².